The van der Waals surface area contributed by atoms with Crippen LogP contribution >= 0.6 is 0 Å². The van der Waals surface area contributed by atoms with Gasteiger partial charge in [0, 0.05) is 29.9 Å². The largest absolute Gasteiger partial charge is 0.339 e. The van der Waals surface area contributed by atoms with E-state index in [1.807, 2.05) is 4.90 Å². The third-order valence-corrected chi connectivity index (χ3v) is 4.37. The van der Waals surface area contributed by atoms with E-state index in [9.17, 15) is 14.0 Å². The van der Waals surface area contributed by atoms with Gasteiger partial charge in [0.15, 0.2) is 0 Å². The highest BCUT2D eigenvalue weighted by atomic mass is 19.1. The van der Waals surface area contributed by atoms with Gasteiger partial charge in [0.2, 0.25) is 0 Å². The normalized spacial score (nSPS) is 14.7. The van der Waals surface area contributed by atoms with E-state index < -0.39 is 0 Å². The molecule has 1 aliphatic heterocycles. The van der Waals surface area contributed by atoms with Gasteiger partial charge in [-0.25, -0.2) is 4.39 Å². The van der Waals surface area contributed by atoms with Crippen molar-refractivity contribution in [2.24, 2.45) is 0 Å². The topological polar surface area (TPSA) is 49.4 Å². The van der Waals surface area contributed by atoms with Gasteiger partial charge in [0.1, 0.15) is 5.82 Å². The van der Waals surface area contributed by atoms with Crippen LogP contribution < -0.4 is 5.32 Å². The van der Waals surface area contributed by atoms with Gasteiger partial charge >= 0.3 is 0 Å². The summed E-state index contributed by atoms with van der Waals surface area (Å²) < 4.78 is 12.9. The van der Waals surface area contributed by atoms with Crippen LogP contribution in [0.3, 0.4) is 0 Å². The first-order chi connectivity index (χ1) is 12.1. The fourth-order valence-corrected chi connectivity index (χ4v) is 2.99. The van der Waals surface area contributed by atoms with Crippen molar-refractivity contribution in [1.82, 2.24) is 4.90 Å². The molecule has 5 heteroatoms. The van der Waals surface area contributed by atoms with Crippen molar-refractivity contribution in [2.75, 3.05) is 18.4 Å². The minimum absolute atomic E-state index is 0.0293. The summed E-state index contributed by atoms with van der Waals surface area (Å²) in [6, 6.07) is 12.3. The Hall–Kier alpha value is -2.69. The molecule has 2 aromatic carbocycles. The van der Waals surface area contributed by atoms with Crippen LogP contribution in [0.4, 0.5) is 10.1 Å². The number of nitrogens with one attached hydrogen (secondary N) is 1. The summed E-state index contributed by atoms with van der Waals surface area (Å²) in [7, 11) is 0. The Labute approximate surface area is 146 Å². The third kappa shape index (κ3) is 4.44. The molecular formula is C20H21FN2O2. The summed E-state index contributed by atoms with van der Waals surface area (Å²) in [6.07, 6.45) is 4.36. The standard InChI is InChI=1S/C20H21FN2O2/c21-17-8-10-18(11-9-17)22-19(24)15-6-5-7-16(14-15)20(25)23-12-3-1-2-4-13-23/h5-11,14H,1-4,12-13H2,(H,22,24). The van der Waals surface area contributed by atoms with E-state index >= 15 is 0 Å². The number of carbonyl (C=O) groups excluding carboxylic acids is 2. The number of hydrogen-bond acceptors (Lipinski definition) is 2. The third-order valence-electron chi connectivity index (χ3n) is 4.37. The first-order valence-electron chi connectivity index (χ1n) is 8.60. The van der Waals surface area contributed by atoms with E-state index in [-0.39, 0.29) is 17.6 Å². The number of benzene rings is 2. The molecule has 0 aliphatic carbocycles. The molecule has 1 fully saturated rings. The van der Waals surface area contributed by atoms with Crippen LogP contribution in [0.1, 0.15) is 46.4 Å². The lowest BCUT2D eigenvalue weighted by atomic mass is 10.1. The lowest BCUT2D eigenvalue weighted by Gasteiger charge is -2.20. The molecule has 1 saturated heterocycles. The Morgan fingerprint density at radius 3 is 2.20 bits per heavy atom. The van der Waals surface area contributed by atoms with E-state index in [2.05, 4.69) is 5.32 Å². The molecule has 0 radical (unpaired) electrons. The minimum atomic E-state index is -0.358. The molecule has 25 heavy (non-hydrogen) atoms. The molecule has 1 aliphatic rings. The van der Waals surface area contributed by atoms with Gasteiger partial charge in [-0.3, -0.25) is 9.59 Å². The van der Waals surface area contributed by atoms with Gasteiger partial charge in [0.25, 0.3) is 11.8 Å². The number of nitrogens with zero attached hydrogens (tertiary/aromatic N) is 1. The Balaban J connectivity index is 1.72. The fourth-order valence-electron chi connectivity index (χ4n) is 2.99. The van der Waals surface area contributed by atoms with Crippen LogP contribution in [0.5, 0.6) is 0 Å². The van der Waals surface area contributed by atoms with Crippen LogP contribution in [-0.2, 0) is 0 Å². The van der Waals surface area contributed by atoms with Gasteiger partial charge in [-0.2, -0.15) is 0 Å². The van der Waals surface area contributed by atoms with Gasteiger partial charge in [-0.05, 0) is 55.3 Å². The fraction of sp³-hybridized carbons (Fsp3) is 0.300. The zero-order valence-electron chi connectivity index (χ0n) is 14.0. The Bertz CT molecular complexity index is 751. The van der Waals surface area contributed by atoms with Gasteiger partial charge < -0.3 is 10.2 Å². The Morgan fingerprint density at radius 2 is 1.52 bits per heavy atom. The number of halogens is 1. The van der Waals surface area contributed by atoms with Gasteiger partial charge in [-0.15, -0.1) is 0 Å². The maximum atomic E-state index is 12.9. The van der Waals surface area contributed by atoms with E-state index in [1.54, 1.807) is 24.3 Å². The van der Waals surface area contributed by atoms with Gasteiger partial charge in [0.05, 0.1) is 0 Å². The van der Waals surface area contributed by atoms with E-state index in [4.69, 9.17) is 0 Å². The van der Waals surface area contributed by atoms with E-state index in [0.717, 1.165) is 38.8 Å². The smallest absolute Gasteiger partial charge is 0.255 e. The lowest BCUT2D eigenvalue weighted by molar-refractivity contribution is 0.0761. The molecule has 2 amide bonds. The zero-order chi connectivity index (χ0) is 17.6. The Morgan fingerprint density at radius 1 is 0.880 bits per heavy atom. The quantitative estimate of drug-likeness (QED) is 0.915. The monoisotopic (exact) mass is 340 g/mol. The van der Waals surface area contributed by atoms with E-state index in [0.29, 0.717) is 16.8 Å². The first-order valence-corrected chi connectivity index (χ1v) is 8.60. The van der Waals surface area contributed by atoms with Crippen LogP contribution in [0.25, 0.3) is 0 Å². The molecule has 0 saturated carbocycles. The van der Waals surface area contributed by atoms with Crippen molar-refractivity contribution in [3.8, 4) is 0 Å². The molecule has 1 N–H and O–H groups in total. The maximum absolute atomic E-state index is 12.9. The summed E-state index contributed by atoms with van der Waals surface area (Å²) in [5.74, 6) is -0.710. The summed E-state index contributed by atoms with van der Waals surface area (Å²) in [4.78, 5) is 26.9. The molecule has 0 unspecified atom stereocenters. The molecule has 4 nitrogen and oxygen atoms in total. The minimum Gasteiger partial charge on any atom is -0.339 e. The number of anilines is 1. The van der Waals surface area contributed by atoms with Crippen LogP contribution in [0.2, 0.25) is 0 Å². The van der Waals surface area contributed by atoms with Crippen molar-refractivity contribution in [3.63, 3.8) is 0 Å². The van der Waals surface area contributed by atoms with Crippen molar-refractivity contribution in [3.05, 3.63) is 65.5 Å². The SMILES string of the molecule is O=C(Nc1ccc(F)cc1)c1cccc(C(=O)N2CCCCCC2)c1. The summed E-state index contributed by atoms with van der Waals surface area (Å²) >= 11 is 0. The average molecular weight is 340 g/mol. The molecule has 0 bridgehead atoms. The predicted octanol–water partition coefficient (Wildman–Crippen LogP) is 4.09. The highest BCUT2D eigenvalue weighted by Gasteiger charge is 2.18. The maximum Gasteiger partial charge on any atom is 0.255 e. The lowest BCUT2D eigenvalue weighted by Crippen LogP contribution is -2.32. The molecule has 130 valence electrons. The van der Waals surface area contributed by atoms with Gasteiger partial charge in [-0.1, -0.05) is 18.9 Å². The average Bonchev–Trinajstić information content (AvgIpc) is 2.92. The molecule has 0 atom stereocenters. The van der Waals surface area contributed by atoms with Crippen molar-refractivity contribution in [1.29, 1.82) is 0 Å². The second kappa shape index (κ2) is 7.92. The first kappa shape index (κ1) is 17.1. The molecular weight excluding hydrogens is 319 g/mol. The number of rotatable bonds is 3. The van der Waals surface area contributed by atoms with Crippen LogP contribution in [0, 0.1) is 5.82 Å². The zero-order valence-corrected chi connectivity index (χ0v) is 14.0. The molecule has 1 heterocycles. The predicted molar refractivity (Wildman–Crippen MR) is 95.2 cm³/mol. The highest BCUT2D eigenvalue weighted by Crippen LogP contribution is 2.16. The number of likely N-dealkylation sites (tertiary alicyclic amines) is 1. The molecule has 3 rings (SSSR count). The second-order valence-electron chi connectivity index (χ2n) is 6.25. The molecule has 2 aromatic rings. The second-order valence-corrected chi connectivity index (χ2v) is 6.25. The summed E-state index contributed by atoms with van der Waals surface area (Å²) in [5, 5.41) is 2.71. The van der Waals surface area contributed by atoms with Crippen molar-refractivity contribution >= 4 is 17.5 Å². The van der Waals surface area contributed by atoms with Crippen molar-refractivity contribution < 1.29 is 14.0 Å². The highest BCUT2D eigenvalue weighted by molar-refractivity contribution is 6.06. The molecule has 0 spiro atoms. The summed E-state index contributed by atoms with van der Waals surface area (Å²) in [5.41, 5.74) is 1.44. The summed E-state index contributed by atoms with van der Waals surface area (Å²) in [6.45, 7) is 1.54. The Kier molecular flexibility index (Phi) is 5.43. The van der Waals surface area contributed by atoms with Crippen LogP contribution in [-0.4, -0.2) is 29.8 Å². The number of carbonyl (C=O) groups is 2. The number of amides is 2. The number of hydrogen-bond donors (Lipinski definition) is 1. The molecule has 0 aromatic heterocycles. The van der Waals surface area contributed by atoms with Crippen molar-refractivity contribution in [2.45, 2.75) is 25.7 Å². The van der Waals surface area contributed by atoms with Crippen LogP contribution in [0.15, 0.2) is 48.5 Å². The van der Waals surface area contributed by atoms with E-state index in [1.165, 1.54) is 24.3 Å².